The molecule has 2 aromatic carbocycles. The number of fused-ring (bicyclic) bond motifs is 2. The van der Waals surface area contributed by atoms with Crippen LogP contribution in [-0.4, -0.2) is 136 Å². The molecule has 0 radical (unpaired) electrons. The van der Waals surface area contributed by atoms with Crippen molar-refractivity contribution in [2.75, 3.05) is 71.8 Å². The van der Waals surface area contributed by atoms with E-state index in [1.807, 2.05) is 69.0 Å². The number of aryl methyl sites for hydroxylation is 2. The zero-order valence-electron chi connectivity index (χ0n) is 42.5. The maximum Gasteiger partial charge on any atom is 0.229 e. The first-order valence-corrected chi connectivity index (χ1v) is 24.4. The molecule has 2 fully saturated rings. The molecule has 16 nitrogen and oxygen atoms in total. The molecule has 2 N–H and O–H groups in total. The second-order valence-electron chi connectivity index (χ2n) is 19.0. The number of aldehydes is 1. The highest BCUT2D eigenvalue weighted by Crippen LogP contribution is 2.32. The summed E-state index contributed by atoms with van der Waals surface area (Å²) in [4.78, 5) is 51.9. The van der Waals surface area contributed by atoms with Crippen LogP contribution in [0.3, 0.4) is 0 Å². The van der Waals surface area contributed by atoms with E-state index < -0.39 is 23.3 Å². The molecular formula is C53H61F4N15O. The predicted molar refractivity (Wildman–Crippen MR) is 275 cm³/mol. The number of imidazole rings is 2. The number of pyridine rings is 2. The van der Waals surface area contributed by atoms with Crippen LogP contribution in [0.5, 0.6) is 0 Å². The smallest absolute Gasteiger partial charge is 0.229 e. The van der Waals surface area contributed by atoms with Gasteiger partial charge in [-0.1, -0.05) is 6.07 Å². The van der Waals surface area contributed by atoms with E-state index in [0.717, 1.165) is 63.8 Å². The van der Waals surface area contributed by atoms with Gasteiger partial charge in [-0.25, -0.2) is 52.4 Å². The van der Waals surface area contributed by atoms with Crippen LogP contribution in [0.25, 0.3) is 44.6 Å². The zero-order valence-corrected chi connectivity index (χ0v) is 42.5. The van der Waals surface area contributed by atoms with Crippen LogP contribution in [-0.2, 0) is 13.0 Å². The Labute approximate surface area is 422 Å². The molecule has 10 rings (SSSR count). The summed E-state index contributed by atoms with van der Waals surface area (Å²) in [6.45, 7) is 21.4. The third kappa shape index (κ3) is 12.6. The lowest BCUT2D eigenvalue weighted by Crippen LogP contribution is -2.43. The Kier molecular flexibility index (Phi) is 16.6. The summed E-state index contributed by atoms with van der Waals surface area (Å²) in [7, 11) is 4.29. The fourth-order valence-electron chi connectivity index (χ4n) is 8.96. The molecular weight excluding hydrogens is 939 g/mol. The average Bonchev–Trinajstić information content (AvgIpc) is 3.91. The molecule has 0 bridgehead atoms. The van der Waals surface area contributed by atoms with E-state index in [4.69, 9.17) is 0 Å². The van der Waals surface area contributed by atoms with Crippen LogP contribution >= 0.6 is 0 Å². The normalized spacial score (nSPS) is 14.6. The Morgan fingerprint density at radius 2 is 1.21 bits per heavy atom. The number of nitrogens with zero attached hydrogens (tertiary/aromatic N) is 13. The number of nitrogens with one attached hydrogen (secondary N) is 2. The van der Waals surface area contributed by atoms with Crippen LogP contribution in [0.4, 0.5) is 29.3 Å². The van der Waals surface area contributed by atoms with E-state index in [2.05, 4.69) is 79.3 Å². The number of carbonyl (C=O) groups excluding carboxylic acids is 1. The number of hydrogen-bond donors (Lipinski definition) is 2. The number of hydrogen-bond acceptors (Lipinski definition) is 14. The van der Waals surface area contributed by atoms with Gasteiger partial charge in [0.15, 0.2) is 29.6 Å². The first kappa shape index (κ1) is 52.2. The van der Waals surface area contributed by atoms with E-state index in [0.29, 0.717) is 63.0 Å². The Hall–Kier alpha value is -7.13. The van der Waals surface area contributed by atoms with E-state index in [-0.39, 0.29) is 46.9 Å². The Morgan fingerprint density at radius 3 is 1.71 bits per heavy atom. The van der Waals surface area contributed by atoms with Gasteiger partial charge in [-0.2, -0.15) is 0 Å². The van der Waals surface area contributed by atoms with Crippen molar-refractivity contribution in [2.24, 2.45) is 0 Å². The monoisotopic (exact) mass is 1000 g/mol. The quantitative estimate of drug-likeness (QED) is 0.0936. The predicted octanol–water partition coefficient (Wildman–Crippen LogP) is 8.53. The molecule has 2 saturated heterocycles. The van der Waals surface area contributed by atoms with Crippen molar-refractivity contribution in [1.29, 1.82) is 0 Å². The van der Waals surface area contributed by atoms with Crippen molar-refractivity contribution >= 4 is 40.1 Å². The fraction of sp³-hybridized carbons (Fsp3) is 0.377. The van der Waals surface area contributed by atoms with Gasteiger partial charge in [-0.3, -0.25) is 14.7 Å². The first-order valence-electron chi connectivity index (χ1n) is 24.4. The van der Waals surface area contributed by atoms with E-state index in [1.54, 1.807) is 24.3 Å². The molecule has 0 saturated carbocycles. The SMILES string of the molecule is CN1CCNCC1.Cc1nc2c(F)cc(-c3nc(Cc4ccc(C=O)cn4)ncc3F)cc2n1C(C)C.Cc1nc2c(F)cc(-c3nc(Nc4ccc(CN5CCN(C)CC5)cn4)ncc3F)cc2n1C(C)C. The second kappa shape index (κ2) is 23.2. The minimum absolute atomic E-state index is 0.00847. The molecule has 73 heavy (non-hydrogen) atoms. The summed E-state index contributed by atoms with van der Waals surface area (Å²) in [6, 6.07) is 13.3. The standard InChI is InChI=1S/C26H30F2N8.C22H19F2N5O.C5H12N2/c1-16(2)36-17(3)31-25-20(27)11-19(12-22(25)36)24-21(28)14-30-26(33-24)32-23-6-5-18(13-29-23)15-35-9-7-34(4)8-10-35;1-12(2)29-13(3)27-22-17(23)6-15(7-19(22)29)21-18(24)10-26-20(28-21)8-16-5-4-14(11-30)9-25-16;1-7-4-2-6-3-5-7/h5-6,11-14,16H,7-10,15H2,1-4H3,(H,29,30,32,33);4-7,9-12H,8H2,1-3H3;6H,2-5H2,1H3. The Balaban J connectivity index is 0.000000174. The van der Waals surface area contributed by atoms with Crippen LogP contribution in [0, 0.1) is 37.1 Å². The molecule has 2 aliphatic rings. The van der Waals surface area contributed by atoms with Crippen LogP contribution in [0.1, 0.15) is 78.9 Å². The molecule has 0 spiro atoms. The number of halogens is 4. The Morgan fingerprint density at radius 1 is 0.630 bits per heavy atom. The van der Waals surface area contributed by atoms with Gasteiger partial charge in [0.2, 0.25) is 5.95 Å². The minimum Gasteiger partial charge on any atom is -0.326 e. The van der Waals surface area contributed by atoms with Crippen molar-refractivity contribution in [3.63, 3.8) is 0 Å². The molecule has 382 valence electrons. The van der Waals surface area contributed by atoms with Gasteiger partial charge < -0.3 is 29.6 Å². The summed E-state index contributed by atoms with van der Waals surface area (Å²) < 4.78 is 62.8. The summed E-state index contributed by atoms with van der Waals surface area (Å²) in [5.41, 5.74) is 4.56. The molecule has 2 aliphatic heterocycles. The van der Waals surface area contributed by atoms with Crippen molar-refractivity contribution in [1.82, 2.24) is 69.0 Å². The highest BCUT2D eigenvalue weighted by Gasteiger charge is 2.21. The maximum absolute atomic E-state index is 14.9. The van der Waals surface area contributed by atoms with Gasteiger partial charge in [0, 0.05) is 106 Å². The topological polar surface area (TPSA) is 164 Å². The fourth-order valence-corrected chi connectivity index (χ4v) is 8.96. The number of benzene rings is 2. The molecule has 0 atom stereocenters. The van der Waals surface area contributed by atoms with E-state index in [1.165, 1.54) is 31.4 Å². The lowest BCUT2D eigenvalue weighted by Gasteiger charge is -2.32. The highest BCUT2D eigenvalue weighted by molar-refractivity contribution is 5.84. The molecule has 0 amide bonds. The summed E-state index contributed by atoms with van der Waals surface area (Å²) >= 11 is 0. The first-order chi connectivity index (χ1) is 35.0. The number of aromatic nitrogens is 10. The summed E-state index contributed by atoms with van der Waals surface area (Å²) in [5, 5.41) is 6.31. The van der Waals surface area contributed by atoms with Crippen molar-refractivity contribution in [3.05, 3.63) is 131 Å². The van der Waals surface area contributed by atoms with E-state index in [9.17, 15) is 22.4 Å². The molecule has 20 heteroatoms. The van der Waals surface area contributed by atoms with Crippen LogP contribution < -0.4 is 10.6 Å². The van der Waals surface area contributed by atoms with Crippen LogP contribution in [0.15, 0.2) is 73.3 Å². The Bertz CT molecular complexity index is 3180. The number of carbonyl (C=O) groups is 1. The number of rotatable bonds is 11. The third-order valence-electron chi connectivity index (χ3n) is 12.7. The van der Waals surface area contributed by atoms with Crippen LogP contribution in [0.2, 0.25) is 0 Å². The largest absolute Gasteiger partial charge is 0.326 e. The highest BCUT2D eigenvalue weighted by atomic mass is 19.1. The summed E-state index contributed by atoms with van der Waals surface area (Å²) in [5.74, 6) is 0.117. The summed E-state index contributed by atoms with van der Waals surface area (Å²) in [6.07, 6.45) is 6.39. The molecule has 8 heterocycles. The second-order valence-corrected chi connectivity index (χ2v) is 19.0. The van der Waals surface area contributed by atoms with Crippen molar-refractivity contribution in [3.8, 4) is 22.5 Å². The molecule has 0 aliphatic carbocycles. The zero-order chi connectivity index (χ0) is 51.9. The molecule has 0 unspecified atom stereocenters. The van der Waals surface area contributed by atoms with Crippen molar-refractivity contribution in [2.45, 2.75) is 66.6 Å². The van der Waals surface area contributed by atoms with Gasteiger partial charge in [0.25, 0.3) is 0 Å². The van der Waals surface area contributed by atoms with E-state index >= 15 is 0 Å². The van der Waals surface area contributed by atoms with Gasteiger partial charge in [-0.05, 0) is 104 Å². The lowest BCUT2D eigenvalue weighted by molar-refractivity contribution is 0.112. The van der Waals surface area contributed by atoms with Gasteiger partial charge in [0.05, 0.1) is 29.8 Å². The third-order valence-corrected chi connectivity index (χ3v) is 12.7. The number of anilines is 2. The van der Waals surface area contributed by atoms with Gasteiger partial charge in [-0.15, -0.1) is 0 Å². The van der Waals surface area contributed by atoms with Gasteiger partial charge >= 0.3 is 0 Å². The van der Waals surface area contributed by atoms with Crippen molar-refractivity contribution < 1.29 is 22.4 Å². The van der Waals surface area contributed by atoms with Gasteiger partial charge in [0.1, 0.15) is 45.7 Å². The minimum atomic E-state index is -0.644. The number of likely N-dealkylation sites (N-methyl/N-ethyl adjacent to an activating group) is 2. The number of piperazine rings is 2. The molecule has 6 aromatic heterocycles. The molecule has 8 aromatic rings. The maximum atomic E-state index is 14.9. The average molecular weight is 1000 g/mol. The lowest BCUT2D eigenvalue weighted by atomic mass is 10.1.